The molecule has 1 aromatic heterocycles. The summed E-state index contributed by atoms with van der Waals surface area (Å²) in [6.07, 6.45) is 1.03. The zero-order valence-corrected chi connectivity index (χ0v) is 11.6. The monoisotopic (exact) mass is 246 g/mol. The summed E-state index contributed by atoms with van der Waals surface area (Å²) >= 11 is 0. The average Bonchev–Trinajstić information content (AvgIpc) is 2.74. The average molecular weight is 246 g/mol. The lowest BCUT2D eigenvalue weighted by Gasteiger charge is -2.31. The molecule has 0 spiro atoms. The van der Waals surface area contributed by atoms with Crippen LogP contribution in [-0.4, -0.2) is 0 Å². The topological polar surface area (TPSA) is 51.2 Å². The van der Waals surface area contributed by atoms with Gasteiger partial charge in [-0.3, -0.25) is 5.84 Å². The maximum atomic E-state index is 6.00. The lowest BCUT2D eigenvalue weighted by molar-refractivity contribution is 0.210. The third kappa shape index (κ3) is 2.16. The molecule has 0 aliphatic heterocycles. The fourth-order valence-corrected chi connectivity index (χ4v) is 2.27. The fourth-order valence-electron chi connectivity index (χ4n) is 2.27. The van der Waals surface area contributed by atoms with Crippen molar-refractivity contribution in [3.8, 4) is 0 Å². The second-order valence-electron chi connectivity index (χ2n) is 5.58. The minimum absolute atomic E-state index is 0.0225. The van der Waals surface area contributed by atoms with Crippen LogP contribution in [0.15, 0.2) is 28.7 Å². The van der Waals surface area contributed by atoms with Crippen molar-refractivity contribution in [1.82, 2.24) is 5.43 Å². The number of nitrogens with two attached hydrogens (primary N) is 1. The predicted molar refractivity (Wildman–Crippen MR) is 75.1 cm³/mol. The molecule has 1 unspecified atom stereocenters. The van der Waals surface area contributed by atoms with Crippen LogP contribution in [0, 0.1) is 12.3 Å². The van der Waals surface area contributed by atoms with Crippen molar-refractivity contribution in [2.24, 2.45) is 11.3 Å². The molecule has 0 radical (unpaired) electrons. The Morgan fingerprint density at radius 1 is 1.39 bits per heavy atom. The highest BCUT2D eigenvalue weighted by molar-refractivity contribution is 5.81. The summed E-state index contributed by atoms with van der Waals surface area (Å²) in [5.74, 6) is 6.63. The molecule has 18 heavy (non-hydrogen) atoms. The quantitative estimate of drug-likeness (QED) is 0.639. The van der Waals surface area contributed by atoms with E-state index in [1.165, 1.54) is 0 Å². The standard InChI is InChI=1S/C15H22N2O/c1-5-15(3,4)14(17-16)12-9-11-8-6-7-10(2)13(11)18-12/h6-9,14,17H,5,16H2,1-4H3. The van der Waals surface area contributed by atoms with Gasteiger partial charge in [0.05, 0.1) is 6.04 Å². The molecule has 98 valence electrons. The number of hydrogen-bond donors (Lipinski definition) is 2. The van der Waals surface area contributed by atoms with Crippen LogP contribution in [0.3, 0.4) is 0 Å². The highest BCUT2D eigenvalue weighted by atomic mass is 16.3. The predicted octanol–water partition coefficient (Wildman–Crippen LogP) is 3.68. The van der Waals surface area contributed by atoms with Crippen molar-refractivity contribution in [1.29, 1.82) is 0 Å². The third-order valence-electron chi connectivity index (χ3n) is 3.90. The van der Waals surface area contributed by atoms with E-state index in [1.807, 2.05) is 6.07 Å². The van der Waals surface area contributed by atoms with Crippen molar-refractivity contribution < 1.29 is 4.42 Å². The molecular weight excluding hydrogens is 224 g/mol. The highest BCUT2D eigenvalue weighted by Crippen LogP contribution is 2.38. The van der Waals surface area contributed by atoms with Crippen LogP contribution in [0.1, 0.15) is 44.6 Å². The fraction of sp³-hybridized carbons (Fsp3) is 0.467. The van der Waals surface area contributed by atoms with E-state index in [0.717, 1.165) is 28.7 Å². The first-order valence-electron chi connectivity index (χ1n) is 6.44. The molecule has 0 bridgehead atoms. The van der Waals surface area contributed by atoms with Gasteiger partial charge in [-0.05, 0) is 30.4 Å². The van der Waals surface area contributed by atoms with Crippen LogP contribution in [0.2, 0.25) is 0 Å². The number of hydrazine groups is 1. The highest BCUT2D eigenvalue weighted by Gasteiger charge is 2.31. The molecule has 3 heteroatoms. The van der Waals surface area contributed by atoms with Gasteiger partial charge in [0.2, 0.25) is 0 Å². The summed E-state index contributed by atoms with van der Waals surface area (Å²) in [4.78, 5) is 0. The van der Waals surface area contributed by atoms with Gasteiger partial charge >= 0.3 is 0 Å². The Morgan fingerprint density at radius 3 is 2.67 bits per heavy atom. The number of para-hydroxylation sites is 1. The molecule has 0 saturated carbocycles. The van der Waals surface area contributed by atoms with E-state index in [2.05, 4.69) is 51.3 Å². The summed E-state index contributed by atoms with van der Waals surface area (Å²) in [5.41, 5.74) is 5.06. The van der Waals surface area contributed by atoms with Crippen LogP contribution in [-0.2, 0) is 0 Å². The van der Waals surface area contributed by atoms with E-state index >= 15 is 0 Å². The Labute approximate surface area is 108 Å². The molecule has 2 aromatic rings. The molecule has 0 aliphatic carbocycles. The first-order valence-corrected chi connectivity index (χ1v) is 6.44. The van der Waals surface area contributed by atoms with E-state index in [-0.39, 0.29) is 11.5 Å². The smallest absolute Gasteiger partial charge is 0.137 e. The molecule has 1 aromatic carbocycles. The number of aryl methyl sites for hydroxylation is 1. The van der Waals surface area contributed by atoms with Gasteiger partial charge in [-0.1, -0.05) is 39.0 Å². The second kappa shape index (κ2) is 4.75. The zero-order valence-electron chi connectivity index (χ0n) is 11.6. The number of hydrogen-bond acceptors (Lipinski definition) is 3. The van der Waals surface area contributed by atoms with E-state index in [9.17, 15) is 0 Å². The van der Waals surface area contributed by atoms with E-state index in [0.29, 0.717) is 0 Å². The largest absolute Gasteiger partial charge is 0.459 e. The van der Waals surface area contributed by atoms with E-state index in [4.69, 9.17) is 10.3 Å². The van der Waals surface area contributed by atoms with Crippen molar-refractivity contribution in [2.75, 3.05) is 0 Å². The Balaban J connectivity index is 2.50. The maximum absolute atomic E-state index is 6.00. The van der Waals surface area contributed by atoms with Crippen LogP contribution >= 0.6 is 0 Å². The first-order chi connectivity index (χ1) is 8.49. The Bertz CT molecular complexity index is 542. The van der Waals surface area contributed by atoms with Gasteiger partial charge in [0.1, 0.15) is 11.3 Å². The third-order valence-corrected chi connectivity index (χ3v) is 3.90. The number of fused-ring (bicyclic) bond motifs is 1. The minimum atomic E-state index is 0.0225. The summed E-state index contributed by atoms with van der Waals surface area (Å²) < 4.78 is 6.00. The van der Waals surface area contributed by atoms with Gasteiger partial charge in [0.25, 0.3) is 0 Å². The molecule has 2 rings (SSSR count). The lowest BCUT2D eigenvalue weighted by atomic mass is 9.81. The Morgan fingerprint density at radius 2 is 2.11 bits per heavy atom. The van der Waals surface area contributed by atoms with E-state index < -0.39 is 0 Å². The minimum Gasteiger partial charge on any atom is -0.459 e. The lowest BCUT2D eigenvalue weighted by Crippen LogP contribution is -2.37. The van der Waals surface area contributed by atoms with Gasteiger partial charge < -0.3 is 4.42 Å². The van der Waals surface area contributed by atoms with Gasteiger partial charge in [0, 0.05) is 5.39 Å². The Hall–Kier alpha value is -1.32. The normalized spacial score (nSPS) is 14.1. The van der Waals surface area contributed by atoms with Crippen LogP contribution in [0.5, 0.6) is 0 Å². The number of furan rings is 1. The van der Waals surface area contributed by atoms with Crippen LogP contribution in [0.25, 0.3) is 11.0 Å². The van der Waals surface area contributed by atoms with Crippen LogP contribution in [0.4, 0.5) is 0 Å². The first kappa shape index (κ1) is 13.1. The summed E-state index contributed by atoms with van der Waals surface area (Å²) in [6.45, 7) is 8.61. The molecule has 1 heterocycles. The molecule has 3 nitrogen and oxygen atoms in total. The maximum Gasteiger partial charge on any atom is 0.137 e. The van der Waals surface area contributed by atoms with Crippen LogP contribution < -0.4 is 11.3 Å². The number of benzene rings is 1. The Kier molecular flexibility index (Phi) is 3.46. The molecule has 0 fully saturated rings. The van der Waals surface area contributed by atoms with Crippen molar-refractivity contribution in [3.63, 3.8) is 0 Å². The summed E-state index contributed by atoms with van der Waals surface area (Å²) in [7, 11) is 0. The number of nitrogens with one attached hydrogen (secondary N) is 1. The van der Waals surface area contributed by atoms with Crippen molar-refractivity contribution >= 4 is 11.0 Å². The molecular formula is C15H22N2O. The van der Waals surface area contributed by atoms with Gasteiger partial charge in [0.15, 0.2) is 0 Å². The molecule has 1 atom stereocenters. The molecule has 3 N–H and O–H groups in total. The molecule has 0 saturated heterocycles. The molecule has 0 aliphatic rings. The van der Waals surface area contributed by atoms with Crippen molar-refractivity contribution in [3.05, 3.63) is 35.6 Å². The summed E-state index contributed by atoms with van der Waals surface area (Å²) in [5, 5.41) is 1.14. The van der Waals surface area contributed by atoms with Gasteiger partial charge in [-0.15, -0.1) is 0 Å². The van der Waals surface area contributed by atoms with E-state index in [1.54, 1.807) is 0 Å². The van der Waals surface area contributed by atoms with Gasteiger partial charge in [-0.2, -0.15) is 0 Å². The SMILES string of the molecule is CCC(C)(C)C(NN)c1cc2cccc(C)c2o1. The molecule has 0 amide bonds. The zero-order chi connectivity index (χ0) is 13.3. The number of rotatable bonds is 4. The second-order valence-corrected chi connectivity index (χ2v) is 5.58. The van der Waals surface area contributed by atoms with Crippen molar-refractivity contribution in [2.45, 2.75) is 40.2 Å². The summed E-state index contributed by atoms with van der Waals surface area (Å²) in [6, 6.07) is 8.29. The van der Waals surface area contributed by atoms with Gasteiger partial charge in [-0.25, -0.2) is 5.43 Å².